The molecule has 10 nitrogen and oxygen atoms in total. The van der Waals surface area contributed by atoms with Gasteiger partial charge in [-0.1, -0.05) is 0 Å². The fourth-order valence-corrected chi connectivity index (χ4v) is 3.83. The second kappa shape index (κ2) is 9.47. The third-order valence-electron chi connectivity index (χ3n) is 3.62. The number of ether oxygens (including phenoxy) is 2. The smallest absolute Gasteiger partial charge is 0.348 e. The van der Waals surface area contributed by atoms with E-state index in [9.17, 15) is 14.4 Å². The normalized spacial score (nSPS) is 10.3. The maximum Gasteiger partial charge on any atom is 0.348 e. The van der Waals surface area contributed by atoms with Crippen LogP contribution in [-0.4, -0.2) is 46.0 Å². The van der Waals surface area contributed by atoms with Crippen molar-refractivity contribution in [1.29, 1.82) is 0 Å². The van der Waals surface area contributed by atoms with E-state index in [0.717, 1.165) is 11.3 Å². The largest absolute Gasteiger partial charge is 0.462 e. The van der Waals surface area contributed by atoms with E-state index in [1.807, 2.05) is 0 Å². The van der Waals surface area contributed by atoms with Gasteiger partial charge in [-0.25, -0.2) is 9.59 Å². The van der Waals surface area contributed by atoms with Crippen molar-refractivity contribution >= 4 is 57.2 Å². The Morgan fingerprint density at radius 1 is 1.21 bits per heavy atom. The molecule has 0 aliphatic carbocycles. The van der Waals surface area contributed by atoms with Crippen molar-refractivity contribution < 1.29 is 23.9 Å². The number of hydrogen-bond donors (Lipinski definition) is 3. The van der Waals surface area contributed by atoms with E-state index in [4.69, 9.17) is 27.4 Å². The molecule has 1 amide bonds. The second-order valence-corrected chi connectivity index (χ2v) is 7.14. The SMILES string of the molecule is CCOC(=O)c1sc(NC(=S)Nc2cn(C)nc2C(N)=O)c(C(=O)OCC)c1C. The molecule has 0 aliphatic rings. The van der Waals surface area contributed by atoms with Gasteiger partial charge in [0.1, 0.15) is 9.88 Å². The number of thiocarbonyl (C=S) groups is 1. The summed E-state index contributed by atoms with van der Waals surface area (Å²) in [5.74, 6) is -1.86. The third kappa shape index (κ3) is 5.09. The summed E-state index contributed by atoms with van der Waals surface area (Å²) in [6.45, 7) is 5.37. The summed E-state index contributed by atoms with van der Waals surface area (Å²) in [6, 6.07) is 0. The highest BCUT2D eigenvalue weighted by Crippen LogP contribution is 2.34. The number of nitrogens with two attached hydrogens (primary N) is 1. The minimum Gasteiger partial charge on any atom is -0.462 e. The van der Waals surface area contributed by atoms with E-state index in [0.29, 0.717) is 16.3 Å². The zero-order chi connectivity index (χ0) is 21.7. The summed E-state index contributed by atoms with van der Waals surface area (Å²) in [6.07, 6.45) is 1.53. The average molecular weight is 440 g/mol. The number of aryl methyl sites for hydroxylation is 1. The first kappa shape index (κ1) is 22.3. The maximum absolute atomic E-state index is 12.4. The number of thiophene rings is 1. The van der Waals surface area contributed by atoms with E-state index < -0.39 is 17.8 Å². The van der Waals surface area contributed by atoms with Crippen molar-refractivity contribution in [2.24, 2.45) is 12.8 Å². The Kier molecular flexibility index (Phi) is 7.29. The number of amides is 1. The van der Waals surface area contributed by atoms with Crippen LogP contribution in [-0.2, 0) is 16.5 Å². The Morgan fingerprint density at radius 3 is 2.41 bits per heavy atom. The molecule has 0 atom stereocenters. The lowest BCUT2D eigenvalue weighted by Gasteiger charge is -2.10. The molecule has 2 aromatic rings. The number of carbonyl (C=O) groups excluding carboxylic acids is 3. The quantitative estimate of drug-likeness (QED) is 0.437. The third-order valence-corrected chi connectivity index (χ3v) is 5.02. The first-order valence-corrected chi connectivity index (χ1v) is 9.81. The van der Waals surface area contributed by atoms with Gasteiger partial charge in [-0.3, -0.25) is 9.48 Å². The molecule has 29 heavy (non-hydrogen) atoms. The summed E-state index contributed by atoms with van der Waals surface area (Å²) in [5, 5.41) is 10.0. The molecule has 0 spiro atoms. The number of primary amides is 1. The summed E-state index contributed by atoms with van der Waals surface area (Å²) < 4.78 is 11.5. The molecule has 0 fully saturated rings. The van der Waals surface area contributed by atoms with Crippen molar-refractivity contribution in [3.8, 4) is 0 Å². The first-order valence-electron chi connectivity index (χ1n) is 8.58. The molecule has 0 saturated heterocycles. The maximum atomic E-state index is 12.4. The van der Waals surface area contributed by atoms with Gasteiger partial charge >= 0.3 is 11.9 Å². The van der Waals surface area contributed by atoms with Crippen LogP contribution >= 0.6 is 23.6 Å². The van der Waals surface area contributed by atoms with Crippen molar-refractivity contribution in [3.63, 3.8) is 0 Å². The molecule has 2 heterocycles. The lowest BCUT2D eigenvalue weighted by Crippen LogP contribution is -2.22. The van der Waals surface area contributed by atoms with E-state index >= 15 is 0 Å². The van der Waals surface area contributed by atoms with Gasteiger partial charge in [0.2, 0.25) is 0 Å². The molecule has 0 aliphatic heterocycles. The standard InChI is InChI=1S/C17H21N5O5S2/c1-5-26-15(24)10-8(3)12(16(25)27-6-2)29-14(10)20-17(28)19-9-7-22(4)21-11(9)13(18)23/h7H,5-6H2,1-4H3,(H2,18,23)(H2,19,20,28). The van der Waals surface area contributed by atoms with Gasteiger partial charge in [-0.05, 0) is 38.6 Å². The lowest BCUT2D eigenvalue weighted by atomic mass is 10.1. The highest BCUT2D eigenvalue weighted by Gasteiger charge is 2.27. The molecule has 0 aromatic carbocycles. The van der Waals surface area contributed by atoms with Crippen LogP contribution in [0.3, 0.4) is 0 Å². The monoisotopic (exact) mass is 439 g/mol. The van der Waals surface area contributed by atoms with Crippen LogP contribution in [0.4, 0.5) is 10.7 Å². The molecule has 12 heteroatoms. The number of nitrogens with zero attached hydrogens (tertiary/aromatic N) is 2. The van der Waals surface area contributed by atoms with Crippen molar-refractivity contribution in [2.75, 3.05) is 23.8 Å². The minimum atomic E-state index is -0.723. The van der Waals surface area contributed by atoms with Gasteiger partial charge in [0.25, 0.3) is 5.91 Å². The second-order valence-electron chi connectivity index (χ2n) is 5.71. The molecule has 2 aromatic heterocycles. The number of hydrogen-bond acceptors (Lipinski definition) is 8. The minimum absolute atomic E-state index is 0.0110. The Labute approximate surface area is 176 Å². The molecule has 0 unspecified atom stereocenters. The molecule has 0 radical (unpaired) electrons. The summed E-state index contributed by atoms with van der Waals surface area (Å²) in [4.78, 5) is 36.4. The molecule has 156 valence electrons. The number of anilines is 2. The predicted molar refractivity (Wildman–Crippen MR) is 113 cm³/mol. The van der Waals surface area contributed by atoms with Crippen LogP contribution in [0.15, 0.2) is 6.20 Å². The number of carbonyl (C=O) groups is 3. The molecular weight excluding hydrogens is 418 g/mol. The van der Waals surface area contributed by atoms with Crippen LogP contribution in [0.25, 0.3) is 0 Å². The average Bonchev–Trinajstić information content (AvgIpc) is 3.15. The molecule has 4 N–H and O–H groups in total. The first-order chi connectivity index (χ1) is 13.7. The van der Waals surface area contributed by atoms with Crippen LogP contribution in [0.2, 0.25) is 0 Å². The summed E-state index contributed by atoms with van der Waals surface area (Å²) in [5.41, 5.74) is 6.23. The Hall–Kier alpha value is -2.99. The molecule has 2 rings (SSSR count). The van der Waals surface area contributed by atoms with Gasteiger partial charge < -0.3 is 25.8 Å². The zero-order valence-corrected chi connectivity index (χ0v) is 18.0. The van der Waals surface area contributed by atoms with Crippen LogP contribution in [0.1, 0.15) is 49.9 Å². The zero-order valence-electron chi connectivity index (χ0n) is 16.3. The van der Waals surface area contributed by atoms with Crippen molar-refractivity contribution in [1.82, 2.24) is 9.78 Å². The topological polar surface area (TPSA) is 138 Å². The highest BCUT2D eigenvalue weighted by molar-refractivity contribution is 7.80. The van der Waals surface area contributed by atoms with Crippen LogP contribution in [0, 0.1) is 6.92 Å². The number of nitrogens with one attached hydrogen (secondary N) is 2. The van der Waals surface area contributed by atoms with E-state index in [1.54, 1.807) is 27.8 Å². The van der Waals surface area contributed by atoms with Gasteiger partial charge in [-0.15, -0.1) is 11.3 Å². The van der Waals surface area contributed by atoms with Crippen molar-refractivity contribution in [2.45, 2.75) is 20.8 Å². The van der Waals surface area contributed by atoms with Gasteiger partial charge in [0.15, 0.2) is 10.8 Å². The number of aromatic nitrogens is 2. The molecule has 0 saturated carbocycles. The lowest BCUT2D eigenvalue weighted by molar-refractivity contribution is 0.0527. The van der Waals surface area contributed by atoms with Crippen molar-refractivity contribution in [3.05, 3.63) is 27.9 Å². The molecular formula is C17H21N5O5S2. The Balaban J connectivity index is 2.34. The molecule has 0 bridgehead atoms. The predicted octanol–water partition coefficient (Wildman–Crippen LogP) is 2.05. The summed E-state index contributed by atoms with van der Waals surface area (Å²) in [7, 11) is 1.63. The fraction of sp³-hybridized carbons (Fsp3) is 0.353. The van der Waals surface area contributed by atoms with E-state index in [1.165, 1.54) is 10.9 Å². The summed E-state index contributed by atoms with van der Waals surface area (Å²) >= 11 is 6.30. The number of esters is 2. The Morgan fingerprint density at radius 2 is 1.83 bits per heavy atom. The van der Waals surface area contributed by atoms with E-state index in [2.05, 4.69) is 15.7 Å². The van der Waals surface area contributed by atoms with E-state index in [-0.39, 0.29) is 34.5 Å². The number of rotatable bonds is 7. The van der Waals surface area contributed by atoms with Gasteiger partial charge in [-0.2, -0.15) is 5.10 Å². The van der Waals surface area contributed by atoms with Crippen LogP contribution in [0.5, 0.6) is 0 Å². The van der Waals surface area contributed by atoms with Gasteiger partial charge in [0.05, 0.1) is 24.5 Å². The highest BCUT2D eigenvalue weighted by atomic mass is 32.1. The van der Waals surface area contributed by atoms with Gasteiger partial charge in [0, 0.05) is 13.2 Å². The Bertz CT molecular complexity index is 966. The van der Waals surface area contributed by atoms with Crippen LogP contribution < -0.4 is 16.4 Å². The fourth-order valence-electron chi connectivity index (χ4n) is 2.46.